The van der Waals surface area contributed by atoms with Crippen LogP contribution in [0.2, 0.25) is 0 Å². The summed E-state index contributed by atoms with van der Waals surface area (Å²) in [6, 6.07) is -0.204. The summed E-state index contributed by atoms with van der Waals surface area (Å²) >= 11 is 0. The fourth-order valence-corrected chi connectivity index (χ4v) is 0. The molecule has 0 saturated carbocycles. The third kappa shape index (κ3) is 1.69. The summed E-state index contributed by atoms with van der Waals surface area (Å²) in [7, 11) is 0. The monoisotopic (exact) mass is 88.1 g/mol. The van der Waals surface area contributed by atoms with Crippen LogP contribution in [-0.2, 0) is 0 Å². The van der Waals surface area contributed by atoms with E-state index in [9.17, 15) is 5.21 Å². The molecule has 0 aromatic carbocycles. The predicted molar refractivity (Wildman–Crippen MR) is 21.5 cm³/mol. The van der Waals surface area contributed by atoms with Crippen LogP contribution in [0.15, 0.2) is 0 Å². The Bertz CT molecular complexity index is 59.8. The lowest BCUT2D eigenvalue weighted by Gasteiger charge is -1.97. The second kappa shape index (κ2) is 1.74. The van der Waals surface area contributed by atoms with Crippen LogP contribution < -0.4 is 0 Å². The molecule has 0 unspecified atom stereocenters. The van der Waals surface area contributed by atoms with E-state index in [0.29, 0.717) is 0 Å². The highest BCUT2D eigenvalue weighted by atomic mass is 16.5. The van der Waals surface area contributed by atoms with Gasteiger partial charge >= 0.3 is 0 Å². The van der Waals surface area contributed by atoms with Gasteiger partial charge in [0.2, 0.25) is 0 Å². The van der Waals surface area contributed by atoms with Crippen molar-refractivity contribution in [3.8, 4) is 0 Å². The first-order chi connectivity index (χ1) is 2.64. The highest BCUT2D eigenvalue weighted by molar-refractivity contribution is 4.25. The molecule has 0 fully saturated rings. The summed E-state index contributed by atoms with van der Waals surface area (Å²) < 4.78 is 0. The zero-order valence-corrected chi connectivity index (χ0v) is 3.93. The minimum absolute atomic E-state index is 0.167. The first kappa shape index (κ1) is 5.40. The van der Waals surface area contributed by atoms with Gasteiger partial charge in [-0.05, 0) is 5.53 Å². The average Bonchev–Trinajstić information content (AvgIpc) is 1.36. The summed E-state index contributed by atoms with van der Waals surface area (Å²) in [5.74, 6) is 0. The Labute approximate surface area is 36.7 Å². The van der Waals surface area contributed by atoms with Gasteiger partial charge in [-0.15, -0.1) is 0 Å². The molecule has 0 spiro atoms. The number of hydrogen-bond donors (Lipinski definition) is 1. The lowest BCUT2D eigenvalue weighted by molar-refractivity contribution is -0.581. The summed E-state index contributed by atoms with van der Waals surface area (Å²) in [4.78, 5) is 0.167. The van der Waals surface area contributed by atoms with Crippen molar-refractivity contribution < 1.29 is 4.86 Å². The third-order valence-electron chi connectivity index (χ3n) is 0.469. The lowest BCUT2D eigenvalue weighted by atomic mass is 10.4. The van der Waals surface area contributed by atoms with E-state index in [1.54, 1.807) is 13.8 Å². The van der Waals surface area contributed by atoms with Crippen LogP contribution in [0.25, 0.3) is 0 Å². The molecule has 0 aliphatic heterocycles. The summed E-state index contributed by atoms with van der Waals surface area (Å²) in [6.07, 6.45) is 0. The second-order valence-corrected chi connectivity index (χ2v) is 1.42. The van der Waals surface area contributed by atoms with Crippen LogP contribution in [-0.4, -0.2) is 10.9 Å². The molecule has 0 saturated heterocycles. The maximum atomic E-state index is 9.73. The molecule has 0 aliphatic rings. The Balaban J connectivity index is 3.26. The largest absolute Gasteiger partial charge is 0.600 e. The summed E-state index contributed by atoms with van der Waals surface area (Å²) in [5, 5.41) is 9.73. The molecule has 1 N–H and O–H groups in total. The first-order valence-corrected chi connectivity index (χ1v) is 1.82. The van der Waals surface area contributed by atoms with Crippen molar-refractivity contribution in [2.75, 3.05) is 0 Å². The van der Waals surface area contributed by atoms with Gasteiger partial charge in [0.1, 0.15) is 0 Å². The van der Waals surface area contributed by atoms with Crippen LogP contribution in [0.1, 0.15) is 13.8 Å². The topological polar surface area (TPSA) is 49.9 Å². The first-order valence-electron chi connectivity index (χ1n) is 1.82. The Morgan fingerprint density at radius 3 is 1.83 bits per heavy atom. The van der Waals surface area contributed by atoms with E-state index in [1.807, 2.05) is 0 Å². The van der Waals surface area contributed by atoms with E-state index in [0.717, 1.165) is 0 Å². The molecule has 0 aromatic rings. The number of nitrogens with zero attached hydrogens (tertiary/aromatic N) is 1. The molecule has 0 bridgehead atoms. The van der Waals surface area contributed by atoms with Gasteiger partial charge in [-0.1, -0.05) is 4.86 Å². The zero-order chi connectivity index (χ0) is 5.15. The van der Waals surface area contributed by atoms with E-state index in [4.69, 9.17) is 5.53 Å². The van der Waals surface area contributed by atoms with Gasteiger partial charge in [0.15, 0.2) is 6.04 Å². The summed E-state index contributed by atoms with van der Waals surface area (Å²) in [5.41, 5.74) is 6.31. The molecule has 0 amide bonds. The fraction of sp³-hybridized carbons (Fsp3) is 1.00. The van der Waals surface area contributed by atoms with Crippen molar-refractivity contribution in [3.63, 3.8) is 0 Å². The number of hydroxylamine groups is 1. The van der Waals surface area contributed by atoms with Crippen molar-refractivity contribution in [2.45, 2.75) is 19.9 Å². The molecule has 6 heavy (non-hydrogen) atoms. The Morgan fingerprint density at radius 1 is 1.67 bits per heavy atom. The molecule has 0 atom stereocenters. The second-order valence-electron chi connectivity index (χ2n) is 1.42. The lowest BCUT2D eigenvalue weighted by Crippen LogP contribution is -2.08. The zero-order valence-electron chi connectivity index (χ0n) is 3.93. The highest BCUT2D eigenvalue weighted by Gasteiger charge is 1.94. The smallest absolute Gasteiger partial charge is 0.184 e. The van der Waals surface area contributed by atoms with Crippen molar-refractivity contribution in [3.05, 3.63) is 5.21 Å². The minimum atomic E-state index is -0.204. The molecule has 0 radical (unpaired) electrons. The molecule has 3 nitrogen and oxygen atoms in total. The van der Waals surface area contributed by atoms with Gasteiger partial charge < -0.3 is 5.21 Å². The van der Waals surface area contributed by atoms with E-state index in [-0.39, 0.29) is 10.9 Å². The Hall–Kier alpha value is -0.600. The van der Waals surface area contributed by atoms with Crippen molar-refractivity contribution >= 4 is 0 Å². The number of nitrogens with one attached hydrogen (secondary N) is 1. The number of rotatable bonds is 1. The van der Waals surface area contributed by atoms with Crippen LogP contribution in [0.5, 0.6) is 0 Å². The van der Waals surface area contributed by atoms with Gasteiger partial charge in [0, 0.05) is 13.8 Å². The SMILES string of the molecule is CC(C)[N+](=N)[O-]. The van der Waals surface area contributed by atoms with Gasteiger partial charge in [0.25, 0.3) is 0 Å². The molecule has 0 heterocycles. The van der Waals surface area contributed by atoms with Crippen molar-refractivity contribution in [1.82, 2.24) is 0 Å². The van der Waals surface area contributed by atoms with E-state index >= 15 is 0 Å². The molecule has 0 aliphatic carbocycles. The Morgan fingerprint density at radius 2 is 1.83 bits per heavy atom. The van der Waals surface area contributed by atoms with Crippen LogP contribution in [0, 0.1) is 10.7 Å². The molecular formula is C3H8N2O. The Kier molecular flexibility index (Phi) is 1.57. The molecule has 0 aromatic heterocycles. The van der Waals surface area contributed by atoms with Gasteiger partial charge in [-0.25, -0.2) is 0 Å². The van der Waals surface area contributed by atoms with E-state index in [2.05, 4.69) is 0 Å². The van der Waals surface area contributed by atoms with Gasteiger partial charge in [-0.2, -0.15) is 0 Å². The highest BCUT2D eigenvalue weighted by Crippen LogP contribution is 1.80. The van der Waals surface area contributed by atoms with Crippen molar-refractivity contribution in [1.29, 1.82) is 5.53 Å². The van der Waals surface area contributed by atoms with Crippen LogP contribution in [0.4, 0.5) is 0 Å². The normalized spacial score (nSPS) is 9.17. The van der Waals surface area contributed by atoms with E-state index in [1.165, 1.54) is 0 Å². The van der Waals surface area contributed by atoms with Gasteiger partial charge in [0.05, 0.1) is 0 Å². The van der Waals surface area contributed by atoms with Crippen molar-refractivity contribution in [2.24, 2.45) is 0 Å². The molecular weight excluding hydrogens is 80.0 g/mol. The quantitative estimate of drug-likeness (QED) is 0.289. The average molecular weight is 88.1 g/mol. The molecule has 36 valence electrons. The maximum Gasteiger partial charge on any atom is 0.184 e. The van der Waals surface area contributed by atoms with E-state index < -0.39 is 0 Å². The third-order valence-corrected chi connectivity index (χ3v) is 0.469. The predicted octanol–water partition coefficient (Wildman–Crippen LogP) is 0.936. The molecule has 0 rings (SSSR count). The maximum absolute atomic E-state index is 9.73. The summed E-state index contributed by atoms with van der Waals surface area (Å²) in [6.45, 7) is 3.33. The standard InChI is InChI=1S/C3H8N2O/c1-3(2)5(4)6/h3-4H,1-2H3. The minimum Gasteiger partial charge on any atom is -0.600 e. The number of hydrogen-bond acceptors (Lipinski definition) is 2. The molecule has 3 heteroatoms. The fourth-order valence-electron chi connectivity index (χ4n) is 0. The van der Waals surface area contributed by atoms with Crippen LogP contribution >= 0.6 is 0 Å². The van der Waals surface area contributed by atoms with Crippen LogP contribution in [0.3, 0.4) is 0 Å². The van der Waals surface area contributed by atoms with Gasteiger partial charge in [-0.3, -0.25) is 0 Å².